The van der Waals surface area contributed by atoms with Gasteiger partial charge in [-0.3, -0.25) is 4.79 Å². The highest BCUT2D eigenvalue weighted by molar-refractivity contribution is 5.85. The Labute approximate surface area is 133 Å². The maximum Gasteiger partial charge on any atom is 0.237 e. The average molecular weight is 315 g/mol. The predicted molar refractivity (Wildman–Crippen MR) is 88.7 cm³/mol. The molecule has 120 valence electrons. The largest absolute Gasteiger partial charge is 0.491 e. The van der Waals surface area contributed by atoms with Crippen LogP contribution in [0.2, 0.25) is 0 Å². The van der Waals surface area contributed by atoms with Crippen molar-refractivity contribution in [2.75, 3.05) is 0 Å². The number of nitrogens with two attached hydrogens (primary N) is 1. The minimum Gasteiger partial charge on any atom is -0.491 e. The number of carbonyl (C=O) groups is 1. The average Bonchev–Trinajstić information content (AvgIpc) is 2.34. The van der Waals surface area contributed by atoms with Gasteiger partial charge in [0.25, 0.3) is 0 Å². The lowest BCUT2D eigenvalue weighted by atomic mass is 9.87. The molecular weight excluding hydrogens is 288 g/mol. The molecule has 0 saturated heterocycles. The van der Waals surface area contributed by atoms with Crippen LogP contribution in [0.25, 0.3) is 0 Å². The highest BCUT2D eigenvalue weighted by Gasteiger charge is 2.27. The first-order chi connectivity index (χ1) is 9.21. The van der Waals surface area contributed by atoms with E-state index < -0.39 is 6.04 Å². The Hall–Kier alpha value is -1.26. The molecule has 0 fully saturated rings. The van der Waals surface area contributed by atoms with E-state index in [0.29, 0.717) is 6.54 Å². The molecule has 3 N–H and O–H groups in total. The molecular formula is C16H27ClN2O2. The second-order valence-corrected chi connectivity index (χ2v) is 6.34. The standard InChI is InChI=1S/C16H26N2O2.ClH/c1-11(2)20-13-9-7-6-8-12(13)10-18-15(19)14(17)16(3,4)5;/h6-9,11,14H,10,17H2,1-5H3,(H,18,19);1H/t14-;/m1./s1. The Kier molecular flexibility index (Phi) is 7.75. The monoisotopic (exact) mass is 314 g/mol. The Balaban J connectivity index is 0.00000400. The van der Waals surface area contributed by atoms with E-state index in [4.69, 9.17) is 10.5 Å². The maximum absolute atomic E-state index is 12.0. The quantitative estimate of drug-likeness (QED) is 0.878. The number of amides is 1. The smallest absolute Gasteiger partial charge is 0.237 e. The molecule has 0 unspecified atom stereocenters. The molecule has 0 spiro atoms. The van der Waals surface area contributed by atoms with E-state index in [1.54, 1.807) is 0 Å². The molecule has 0 bridgehead atoms. The van der Waals surface area contributed by atoms with Gasteiger partial charge < -0.3 is 15.8 Å². The fraction of sp³-hybridized carbons (Fsp3) is 0.562. The van der Waals surface area contributed by atoms with Gasteiger partial charge in [-0.1, -0.05) is 39.0 Å². The van der Waals surface area contributed by atoms with E-state index in [-0.39, 0.29) is 29.8 Å². The molecule has 1 atom stereocenters. The first-order valence-corrected chi connectivity index (χ1v) is 6.99. The molecule has 0 aliphatic carbocycles. The van der Waals surface area contributed by atoms with E-state index in [9.17, 15) is 4.79 Å². The van der Waals surface area contributed by atoms with Gasteiger partial charge in [0.2, 0.25) is 5.91 Å². The summed E-state index contributed by atoms with van der Waals surface area (Å²) in [5, 5.41) is 2.87. The molecule has 5 heteroatoms. The number of hydrogen-bond donors (Lipinski definition) is 2. The summed E-state index contributed by atoms with van der Waals surface area (Å²) in [5.41, 5.74) is 6.64. The summed E-state index contributed by atoms with van der Waals surface area (Å²) in [4.78, 5) is 12.0. The van der Waals surface area contributed by atoms with Crippen LogP contribution in [0, 0.1) is 5.41 Å². The lowest BCUT2D eigenvalue weighted by molar-refractivity contribution is -0.124. The third-order valence-electron chi connectivity index (χ3n) is 3.00. The number of hydrogen-bond acceptors (Lipinski definition) is 3. The van der Waals surface area contributed by atoms with Gasteiger partial charge in [0.15, 0.2) is 0 Å². The van der Waals surface area contributed by atoms with Gasteiger partial charge in [-0.05, 0) is 25.3 Å². The van der Waals surface area contributed by atoms with Gasteiger partial charge >= 0.3 is 0 Å². The van der Waals surface area contributed by atoms with E-state index in [1.807, 2.05) is 58.9 Å². The fourth-order valence-electron chi connectivity index (χ4n) is 1.70. The molecule has 21 heavy (non-hydrogen) atoms. The number of benzene rings is 1. The van der Waals surface area contributed by atoms with E-state index in [2.05, 4.69) is 5.32 Å². The molecule has 1 aromatic carbocycles. The summed E-state index contributed by atoms with van der Waals surface area (Å²) >= 11 is 0. The molecule has 4 nitrogen and oxygen atoms in total. The van der Waals surface area contributed by atoms with Crippen molar-refractivity contribution in [1.82, 2.24) is 5.32 Å². The van der Waals surface area contributed by atoms with Crippen molar-refractivity contribution < 1.29 is 9.53 Å². The summed E-state index contributed by atoms with van der Waals surface area (Å²) in [6, 6.07) is 7.18. The van der Waals surface area contributed by atoms with Crippen molar-refractivity contribution in [3.8, 4) is 5.75 Å². The molecule has 0 aliphatic heterocycles. The zero-order chi connectivity index (χ0) is 15.3. The first kappa shape index (κ1) is 19.7. The van der Waals surface area contributed by atoms with E-state index in [1.165, 1.54) is 0 Å². The van der Waals surface area contributed by atoms with Crippen molar-refractivity contribution in [2.24, 2.45) is 11.1 Å². The molecule has 1 rings (SSSR count). The Morgan fingerprint density at radius 2 is 1.86 bits per heavy atom. The molecule has 0 aliphatic rings. The van der Waals surface area contributed by atoms with Gasteiger partial charge in [0, 0.05) is 12.1 Å². The number of ether oxygens (including phenoxy) is 1. The van der Waals surface area contributed by atoms with Crippen LogP contribution >= 0.6 is 12.4 Å². The molecule has 1 amide bonds. The summed E-state index contributed by atoms with van der Waals surface area (Å²) < 4.78 is 5.72. The zero-order valence-corrected chi connectivity index (χ0v) is 14.3. The number of para-hydroxylation sites is 1. The maximum atomic E-state index is 12.0. The van der Waals surface area contributed by atoms with Crippen molar-refractivity contribution in [3.05, 3.63) is 29.8 Å². The fourth-order valence-corrected chi connectivity index (χ4v) is 1.70. The number of nitrogens with one attached hydrogen (secondary N) is 1. The Bertz CT molecular complexity index is 456. The summed E-state index contributed by atoms with van der Waals surface area (Å²) in [7, 11) is 0. The van der Waals surface area contributed by atoms with Crippen molar-refractivity contribution in [2.45, 2.75) is 53.3 Å². The summed E-state index contributed by atoms with van der Waals surface area (Å²) in [5.74, 6) is 0.656. The second kappa shape index (κ2) is 8.25. The zero-order valence-electron chi connectivity index (χ0n) is 13.5. The van der Waals surface area contributed by atoms with Crippen LogP contribution in [0.4, 0.5) is 0 Å². The van der Waals surface area contributed by atoms with Crippen molar-refractivity contribution in [1.29, 1.82) is 0 Å². The molecule has 0 aromatic heterocycles. The minimum absolute atomic E-state index is 0. The van der Waals surface area contributed by atoms with Gasteiger partial charge in [0.1, 0.15) is 5.75 Å². The Morgan fingerprint density at radius 3 is 2.38 bits per heavy atom. The second-order valence-electron chi connectivity index (χ2n) is 6.34. The van der Waals surface area contributed by atoms with E-state index >= 15 is 0 Å². The first-order valence-electron chi connectivity index (χ1n) is 6.99. The Morgan fingerprint density at radius 1 is 1.29 bits per heavy atom. The number of carbonyl (C=O) groups excluding carboxylic acids is 1. The summed E-state index contributed by atoms with van der Waals surface area (Å²) in [6.07, 6.45) is 0.101. The van der Waals surface area contributed by atoms with Crippen LogP contribution in [0.3, 0.4) is 0 Å². The molecule has 0 radical (unpaired) electrons. The lowest BCUT2D eigenvalue weighted by Crippen LogP contribution is -2.48. The van der Waals surface area contributed by atoms with Crippen LogP contribution in [-0.4, -0.2) is 18.1 Å². The third-order valence-corrected chi connectivity index (χ3v) is 3.00. The highest BCUT2D eigenvalue weighted by Crippen LogP contribution is 2.20. The van der Waals surface area contributed by atoms with Gasteiger partial charge in [-0.15, -0.1) is 12.4 Å². The molecule has 0 heterocycles. The highest BCUT2D eigenvalue weighted by atomic mass is 35.5. The van der Waals surface area contributed by atoms with Crippen molar-refractivity contribution >= 4 is 18.3 Å². The lowest BCUT2D eigenvalue weighted by Gasteiger charge is -2.26. The third kappa shape index (κ3) is 6.36. The number of halogens is 1. The normalized spacial score (nSPS) is 12.5. The molecule has 1 aromatic rings. The van der Waals surface area contributed by atoms with Crippen LogP contribution in [0.15, 0.2) is 24.3 Å². The van der Waals surface area contributed by atoms with Gasteiger partial charge in [-0.25, -0.2) is 0 Å². The van der Waals surface area contributed by atoms with Gasteiger partial charge in [0.05, 0.1) is 12.1 Å². The van der Waals surface area contributed by atoms with Crippen LogP contribution in [0.5, 0.6) is 5.75 Å². The summed E-state index contributed by atoms with van der Waals surface area (Å²) in [6.45, 7) is 10.2. The number of rotatable bonds is 5. The van der Waals surface area contributed by atoms with Gasteiger partial charge in [-0.2, -0.15) is 0 Å². The molecule has 0 saturated carbocycles. The topological polar surface area (TPSA) is 64.3 Å². The minimum atomic E-state index is -0.527. The van der Waals surface area contributed by atoms with E-state index in [0.717, 1.165) is 11.3 Å². The van der Waals surface area contributed by atoms with Crippen LogP contribution in [-0.2, 0) is 11.3 Å². The van der Waals surface area contributed by atoms with Crippen LogP contribution in [0.1, 0.15) is 40.2 Å². The van der Waals surface area contributed by atoms with Crippen molar-refractivity contribution in [3.63, 3.8) is 0 Å². The van der Waals surface area contributed by atoms with Crippen LogP contribution < -0.4 is 15.8 Å². The SMILES string of the molecule is CC(C)Oc1ccccc1CNC(=O)[C@@H](N)C(C)(C)C.Cl. The predicted octanol–water partition coefficient (Wildman–Crippen LogP) is 2.89.